The largest absolute Gasteiger partial charge is 0.441 e. The minimum atomic E-state index is -0.0163. The van der Waals surface area contributed by atoms with E-state index in [1.165, 1.54) is 0 Å². The lowest BCUT2D eigenvalue weighted by Gasteiger charge is -2.32. The Kier molecular flexibility index (Phi) is 8.79. The summed E-state index contributed by atoms with van der Waals surface area (Å²) >= 11 is 12.0. The molecule has 0 spiro atoms. The summed E-state index contributed by atoms with van der Waals surface area (Å²) in [7, 11) is 2.06. The van der Waals surface area contributed by atoms with Gasteiger partial charge in [0.1, 0.15) is 11.5 Å². The highest BCUT2D eigenvalue weighted by Gasteiger charge is 2.46. The van der Waals surface area contributed by atoms with Gasteiger partial charge in [0.2, 0.25) is 5.89 Å². The van der Waals surface area contributed by atoms with Crippen LogP contribution in [0.5, 0.6) is 0 Å². The Bertz CT molecular complexity index is 1670. The van der Waals surface area contributed by atoms with E-state index in [-0.39, 0.29) is 11.6 Å². The molecule has 2 aromatic heterocycles. The van der Waals surface area contributed by atoms with Crippen LogP contribution in [0.1, 0.15) is 57.3 Å². The average Bonchev–Trinajstić information content (AvgIpc) is 3.62. The number of likely N-dealkylation sites (N-methyl/N-ethyl adjacent to an activating group) is 1. The van der Waals surface area contributed by atoms with Gasteiger partial charge in [-0.2, -0.15) is 5.10 Å². The zero-order valence-corrected chi connectivity index (χ0v) is 27.0. The minimum Gasteiger partial charge on any atom is -0.441 e. The second-order valence-electron chi connectivity index (χ2n) is 12.2. The number of ketones is 2. The van der Waals surface area contributed by atoms with E-state index < -0.39 is 0 Å². The normalized spacial score (nSPS) is 19.1. The lowest BCUT2D eigenvalue weighted by atomic mass is 9.91. The van der Waals surface area contributed by atoms with Gasteiger partial charge in [0.25, 0.3) is 0 Å². The van der Waals surface area contributed by atoms with Gasteiger partial charge >= 0.3 is 0 Å². The lowest BCUT2D eigenvalue weighted by molar-refractivity contribution is 0.0877. The number of halogens is 2. The third kappa shape index (κ3) is 6.40. The fourth-order valence-corrected chi connectivity index (χ4v) is 6.96. The molecule has 44 heavy (non-hydrogen) atoms. The molecule has 2 aliphatic rings. The molecular formula is C34H37Cl2N5O3. The monoisotopic (exact) mass is 633 g/mol. The Balaban J connectivity index is 0.995. The quantitative estimate of drug-likeness (QED) is 0.176. The minimum absolute atomic E-state index is 0.0163. The van der Waals surface area contributed by atoms with E-state index in [0.29, 0.717) is 63.9 Å². The van der Waals surface area contributed by atoms with E-state index in [2.05, 4.69) is 26.9 Å². The molecule has 2 unspecified atom stereocenters. The third-order valence-corrected chi connectivity index (χ3v) is 9.67. The molecule has 8 nitrogen and oxygen atoms in total. The Labute approximate surface area is 268 Å². The van der Waals surface area contributed by atoms with Gasteiger partial charge < -0.3 is 4.42 Å². The van der Waals surface area contributed by atoms with Crippen molar-refractivity contribution in [1.82, 2.24) is 24.6 Å². The van der Waals surface area contributed by atoms with Crippen molar-refractivity contribution >= 4 is 34.8 Å². The van der Waals surface area contributed by atoms with Crippen molar-refractivity contribution < 1.29 is 14.0 Å². The molecule has 2 atom stereocenters. The van der Waals surface area contributed by atoms with Crippen molar-refractivity contribution in [2.24, 2.45) is 11.8 Å². The summed E-state index contributed by atoms with van der Waals surface area (Å²) in [5.74, 6) is 2.25. The molecule has 230 valence electrons. The van der Waals surface area contributed by atoms with Crippen molar-refractivity contribution in [1.29, 1.82) is 0 Å². The Hall–Kier alpha value is -3.30. The number of hydrogen-bond acceptors (Lipinski definition) is 7. The van der Waals surface area contributed by atoms with Crippen LogP contribution in [0.15, 0.2) is 52.9 Å². The number of likely N-dealkylation sites (tertiary alicyclic amines) is 1. The van der Waals surface area contributed by atoms with Gasteiger partial charge in [0.05, 0.1) is 35.7 Å². The number of nitrogens with zero attached hydrogens (tertiary/aromatic N) is 5. The molecule has 2 fully saturated rings. The molecule has 10 heteroatoms. The molecule has 0 amide bonds. The summed E-state index contributed by atoms with van der Waals surface area (Å²) in [5.41, 5.74) is 4.36. The SMILES string of the molecule is Cc1nn(-c2ccc(Cl)cc2)c(C)c1C(=O)CN(C)C1CC1C1CCN(CC(=O)c2nc(-c3ccc(Cl)cc3)oc2C)CC1. The predicted molar refractivity (Wildman–Crippen MR) is 172 cm³/mol. The standard InChI is InChI=1S/C34H37Cl2N5O3/c1-20-32(21(2)41(38-20)27-11-9-26(36)10-12-27)30(42)18-39(4)29-17-28(29)23-13-15-40(16-14-23)19-31(43)33-22(3)44-34(37-33)24-5-7-25(35)8-6-24/h5-12,23,28-29H,13-19H2,1-4H3. The zero-order valence-electron chi connectivity index (χ0n) is 25.5. The zero-order chi connectivity index (χ0) is 31.1. The lowest BCUT2D eigenvalue weighted by Crippen LogP contribution is -2.39. The van der Waals surface area contributed by atoms with E-state index in [1.807, 2.05) is 54.9 Å². The van der Waals surface area contributed by atoms with Crippen molar-refractivity contribution in [2.75, 3.05) is 33.2 Å². The number of benzene rings is 2. The first-order valence-corrected chi connectivity index (χ1v) is 15.9. The van der Waals surface area contributed by atoms with E-state index >= 15 is 0 Å². The third-order valence-electron chi connectivity index (χ3n) is 9.16. The first kappa shape index (κ1) is 30.7. The van der Waals surface area contributed by atoms with Crippen LogP contribution in [0.3, 0.4) is 0 Å². The number of aryl methyl sites for hydroxylation is 2. The van der Waals surface area contributed by atoms with Crippen LogP contribution in [0.25, 0.3) is 17.1 Å². The number of aromatic nitrogens is 3. The number of piperidine rings is 1. The molecule has 1 aliphatic heterocycles. The molecule has 2 aromatic carbocycles. The topological polar surface area (TPSA) is 84.5 Å². The number of oxazole rings is 1. The summed E-state index contributed by atoms with van der Waals surface area (Å²) < 4.78 is 7.62. The van der Waals surface area contributed by atoms with Crippen LogP contribution in [0, 0.1) is 32.6 Å². The number of carbonyl (C=O) groups is 2. The van der Waals surface area contributed by atoms with Gasteiger partial charge in [0, 0.05) is 21.7 Å². The number of Topliss-reactive ketones (excluding diaryl/α,β-unsaturated/α-hetero) is 2. The molecule has 0 radical (unpaired) electrons. The molecule has 3 heterocycles. The Morgan fingerprint density at radius 2 is 1.59 bits per heavy atom. The average molecular weight is 635 g/mol. The predicted octanol–water partition coefficient (Wildman–Crippen LogP) is 6.86. The number of carbonyl (C=O) groups excluding carboxylic acids is 2. The molecule has 0 N–H and O–H groups in total. The molecule has 1 saturated heterocycles. The van der Waals surface area contributed by atoms with Crippen LogP contribution in [0.2, 0.25) is 10.0 Å². The van der Waals surface area contributed by atoms with Crippen molar-refractivity contribution in [3.05, 3.63) is 87.0 Å². The van der Waals surface area contributed by atoms with Crippen molar-refractivity contribution in [2.45, 2.75) is 46.1 Å². The first-order chi connectivity index (χ1) is 21.1. The fourth-order valence-electron chi connectivity index (χ4n) is 6.70. The van der Waals surface area contributed by atoms with E-state index in [9.17, 15) is 9.59 Å². The van der Waals surface area contributed by atoms with Gasteiger partial charge in [-0.05, 0) is 121 Å². The second-order valence-corrected chi connectivity index (χ2v) is 13.1. The van der Waals surface area contributed by atoms with Crippen LogP contribution >= 0.6 is 23.2 Å². The second kappa shape index (κ2) is 12.6. The maximum atomic E-state index is 13.4. The summed E-state index contributed by atoms with van der Waals surface area (Å²) in [5, 5.41) is 5.95. The maximum Gasteiger partial charge on any atom is 0.226 e. The molecule has 1 saturated carbocycles. The van der Waals surface area contributed by atoms with E-state index in [1.54, 1.807) is 19.1 Å². The van der Waals surface area contributed by atoms with Crippen molar-refractivity contribution in [3.63, 3.8) is 0 Å². The Morgan fingerprint density at radius 1 is 0.955 bits per heavy atom. The number of hydrogen-bond donors (Lipinski definition) is 0. The van der Waals surface area contributed by atoms with Gasteiger partial charge in [-0.15, -0.1) is 0 Å². The van der Waals surface area contributed by atoms with Crippen LogP contribution in [-0.2, 0) is 0 Å². The fraction of sp³-hybridized carbons (Fsp3) is 0.412. The summed E-state index contributed by atoms with van der Waals surface area (Å²) in [6.45, 7) is 8.10. The highest BCUT2D eigenvalue weighted by Crippen LogP contribution is 2.45. The first-order valence-electron chi connectivity index (χ1n) is 15.1. The molecular weight excluding hydrogens is 597 g/mol. The number of rotatable bonds is 10. The van der Waals surface area contributed by atoms with Crippen molar-refractivity contribution in [3.8, 4) is 17.1 Å². The highest BCUT2D eigenvalue weighted by molar-refractivity contribution is 6.30. The highest BCUT2D eigenvalue weighted by atomic mass is 35.5. The van der Waals surface area contributed by atoms with Gasteiger partial charge in [-0.1, -0.05) is 23.2 Å². The summed E-state index contributed by atoms with van der Waals surface area (Å²) in [6, 6.07) is 15.1. The van der Waals surface area contributed by atoms with Crippen LogP contribution in [0.4, 0.5) is 0 Å². The summed E-state index contributed by atoms with van der Waals surface area (Å²) in [4.78, 5) is 35.5. The summed E-state index contributed by atoms with van der Waals surface area (Å²) in [6.07, 6.45) is 3.22. The van der Waals surface area contributed by atoms with Crippen LogP contribution in [-0.4, -0.2) is 75.4 Å². The van der Waals surface area contributed by atoms with Gasteiger partial charge in [-0.25, -0.2) is 9.67 Å². The molecule has 6 rings (SSSR count). The van der Waals surface area contributed by atoms with E-state index in [0.717, 1.165) is 55.0 Å². The Morgan fingerprint density at radius 3 is 2.25 bits per heavy atom. The smallest absolute Gasteiger partial charge is 0.226 e. The maximum absolute atomic E-state index is 13.4. The van der Waals surface area contributed by atoms with Gasteiger partial charge in [0.15, 0.2) is 11.6 Å². The molecule has 0 bridgehead atoms. The van der Waals surface area contributed by atoms with E-state index in [4.69, 9.17) is 27.6 Å². The molecule has 1 aliphatic carbocycles. The molecule has 4 aromatic rings. The van der Waals surface area contributed by atoms with Gasteiger partial charge in [-0.3, -0.25) is 19.4 Å². The van der Waals surface area contributed by atoms with Crippen LogP contribution < -0.4 is 0 Å².